The second kappa shape index (κ2) is 5.70. The van der Waals surface area contributed by atoms with Crippen LogP contribution in [0.25, 0.3) is 0 Å². The van der Waals surface area contributed by atoms with E-state index in [0.717, 1.165) is 25.8 Å². The van der Waals surface area contributed by atoms with Crippen LogP contribution in [0.15, 0.2) is 0 Å². The third-order valence-corrected chi connectivity index (χ3v) is 2.31. The summed E-state index contributed by atoms with van der Waals surface area (Å²) in [5.41, 5.74) is 0. The van der Waals surface area contributed by atoms with Gasteiger partial charge in [-0.15, -0.1) is 0 Å². The van der Waals surface area contributed by atoms with Gasteiger partial charge in [0.15, 0.2) is 6.23 Å². The molecule has 0 aromatic rings. The van der Waals surface area contributed by atoms with Crippen LogP contribution in [0, 0.1) is 0 Å². The molecule has 0 saturated carbocycles. The number of hydrogen-bond acceptors (Lipinski definition) is 4. The summed E-state index contributed by atoms with van der Waals surface area (Å²) >= 11 is 0. The molecule has 1 heterocycles. The highest BCUT2D eigenvalue weighted by atomic mass is 16.6. The Kier molecular flexibility index (Phi) is 4.55. The third kappa shape index (κ3) is 3.51. The summed E-state index contributed by atoms with van der Waals surface area (Å²) in [4.78, 5) is 21.8. The number of unbranched alkanes of at least 4 members (excludes halogenated alkanes) is 2. The van der Waals surface area contributed by atoms with E-state index >= 15 is 0 Å². The minimum absolute atomic E-state index is 0.0993. The zero-order chi connectivity index (χ0) is 11.3. The van der Waals surface area contributed by atoms with E-state index < -0.39 is 6.23 Å². The number of carbonyl (C=O) groups excluding carboxylic acids is 2. The molecule has 2 N–H and O–H groups in total. The summed E-state index contributed by atoms with van der Waals surface area (Å²) in [6.07, 6.45) is 2.83. The first kappa shape index (κ1) is 12.0. The van der Waals surface area contributed by atoms with Crippen LogP contribution in [0.5, 0.6) is 0 Å². The van der Waals surface area contributed by atoms with E-state index in [1.165, 1.54) is 6.92 Å². The first-order valence-corrected chi connectivity index (χ1v) is 5.36. The molecule has 0 bridgehead atoms. The number of ether oxygens (including phenoxy) is 1. The summed E-state index contributed by atoms with van der Waals surface area (Å²) in [7, 11) is 0. The van der Waals surface area contributed by atoms with E-state index in [-0.39, 0.29) is 17.9 Å². The van der Waals surface area contributed by atoms with Crippen molar-refractivity contribution in [3.8, 4) is 0 Å². The van der Waals surface area contributed by atoms with Crippen molar-refractivity contribution in [2.45, 2.75) is 45.4 Å². The van der Waals surface area contributed by atoms with Gasteiger partial charge in [0.2, 0.25) is 5.91 Å². The van der Waals surface area contributed by atoms with Crippen molar-refractivity contribution >= 4 is 11.9 Å². The van der Waals surface area contributed by atoms with Crippen LogP contribution in [0.3, 0.4) is 0 Å². The van der Waals surface area contributed by atoms with Crippen molar-refractivity contribution in [1.29, 1.82) is 0 Å². The van der Waals surface area contributed by atoms with Crippen molar-refractivity contribution in [3.05, 3.63) is 0 Å². The quantitative estimate of drug-likeness (QED) is 0.375. The van der Waals surface area contributed by atoms with Crippen molar-refractivity contribution in [3.63, 3.8) is 0 Å². The Bertz CT molecular complexity index is 243. The van der Waals surface area contributed by atoms with Gasteiger partial charge in [0.1, 0.15) is 6.04 Å². The fraction of sp³-hybridized carbons (Fsp3) is 0.800. The Hall–Kier alpha value is -1.10. The van der Waals surface area contributed by atoms with Crippen molar-refractivity contribution in [1.82, 2.24) is 10.6 Å². The Morgan fingerprint density at radius 1 is 1.53 bits per heavy atom. The van der Waals surface area contributed by atoms with Crippen molar-refractivity contribution < 1.29 is 14.3 Å². The van der Waals surface area contributed by atoms with Gasteiger partial charge >= 0.3 is 5.97 Å². The van der Waals surface area contributed by atoms with Gasteiger partial charge in [-0.2, -0.15) is 0 Å². The van der Waals surface area contributed by atoms with Crippen LogP contribution in [-0.4, -0.2) is 30.7 Å². The smallest absolute Gasteiger partial charge is 0.304 e. The molecule has 0 aromatic carbocycles. The van der Waals surface area contributed by atoms with Gasteiger partial charge < -0.3 is 15.4 Å². The van der Waals surface area contributed by atoms with Crippen LogP contribution in [-0.2, 0) is 14.3 Å². The summed E-state index contributed by atoms with van der Waals surface area (Å²) in [5.74, 6) is -0.474. The molecule has 0 spiro atoms. The normalized spacial score (nSPS) is 24.3. The molecule has 0 aliphatic carbocycles. The standard InChI is InChI=1S/C10H18N2O3/c1-3-4-5-6-11-8-9(14)12-10(8)15-7(2)13/h8,10-11H,3-6H2,1-2H3,(H,12,14)/t8-,10+/m0/s1. The lowest BCUT2D eigenvalue weighted by Gasteiger charge is -2.35. The highest BCUT2D eigenvalue weighted by Crippen LogP contribution is 2.08. The molecular weight excluding hydrogens is 196 g/mol. The molecule has 5 nitrogen and oxygen atoms in total. The van der Waals surface area contributed by atoms with E-state index in [4.69, 9.17) is 4.74 Å². The van der Waals surface area contributed by atoms with E-state index in [0.29, 0.717) is 0 Å². The third-order valence-electron chi connectivity index (χ3n) is 2.31. The molecule has 0 radical (unpaired) electrons. The van der Waals surface area contributed by atoms with Crippen LogP contribution in [0.1, 0.15) is 33.1 Å². The number of β-lactam (4-membered cyclic amide) rings is 1. The topological polar surface area (TPSA) is 67.4 Å². The maximum atomic E-state index is 11.1. The monoisotopic (exact) mass is 214 g/mol. The van der Waals surface area contributed by atoms with E-state index in [1.54, 1.807) is 0 Å². The summed E-state index contributed by atoms with van der Waals surface area (Å²) in [6.45, 7) is 4.24. The van der Waals surface area contributed by atoms with E-state index in [2.05, 4.69) is 17.6 Å². The molecule has 1 saturated heterocycles. The summed E-state index contributed by atoms with van der Waals surface area (Å²) in [6, 6.07) is -0.370. The van der Waals surface area contributed by atoms with Crippen molar-refractivity contribution in [2.24, 2.45) is 0 Å². The SMILES string of the molecule is CCCCCN[C@H]1C(=O)N[C@@H]1OC(C)=O. The van der Waals surface area contributed by atoms with Gasteiger partial charge in [-0.25, -0.2) is 0 Å². The van der Waals surface area contributed by atoms with E-state index in [9.17, 15) is 9.59 Å². The predicted molar refractivity (Wildman–Crippen MR) is 55.0 cm³/mol. The first-order valence-electron chi connectivity index (χ1n) is 5.36. The fourth-order valence-corrected chi connectivity index (χ4v) is 1.46. The average molecular weight is 214 g/mol. The molecule has 1 fully saturated rings. The zero-order valence-corrected chi connectivity index (χ0v) is 9.21. The van der Waals surface area contributed by atoms with Gasteiger partial charge in [-0.05, 0) is 13.0 Å². The Morgan fingerprint density at radius 3 is 2.80 bits per heavy atom. The number of rotatable bonds is 6. The Labute approximate surface area is 89.6 Å². The maximum Gasteiger partial charge on any atom is 0.304 e. The highest BCUT2D eigenvalue weighted by molar-refractivity contribution is 5.89. The minimum atomic E-state index is -0.489. The van der Waals surface area contributed by atoms with Gasteiger partial charge in [-0.1, -0.05) is 19.8 Å². The largest absolute Gasteiger partial charge is 0.440 e. The molecule has 0 aromatic heterocycles. The number of amides is 1. The zero-order valence-electron chi connectivity index (χ0n) is 9.21. The van der Waals surface area contributed by atoms with Gasteiger partial charge in [0.25, 0.3) is 0 Å². The van der Waals surface area contributed by atoms with Gasteiger partial charge in [0.05, 0.1) is 0 Å². The fourth-order valence-electron chi connectivity index (χ4n) is 1.46. The van der Waals surface area contributed by atoms with Gasteiger partial charge in [0, 0.05) is 6.92 Å². The molecule has 1 aliphatic rings. The van der Waals surface area contributed by atoms with Crippen LogP contribution >= 0.6 is 0 Å². The maximum absolute atomic E-state index is 11.1. The summed E-state index contributed by atoms with van der Waals surface area (Å²) < 4.78 is 4.89. The lowest BCUT2D eigenvalue weighted by atomic mass is 10.1. The molecular formula is C10H18N2O3. The number of esters is 1. The predicted octanol–water partition coefficient (Wildman–Crippen LogP) is 0.154. The highest BCUT2D eigenvalue weighted by Gasteiger charge is 2.41. The number of carbonyl (C=O) groups is 2. The first-order chi connectivity index (χ1) is 7.15. The lowest BCUT2D eigenvalue weighted by molar-refractivity contribution is -0.162. The molecule has 1 rings (SSSR count). The van der Waals surface area contributed by atoms with E-state index in [1.807, 2.05) is 0 Å². The van der Waals surface area contributed by atoms with Crippen molar-refractivity contribution in [2.75, 3.05) is 6.54 Å². The molecule has 86 valence electrons. The van der Waals surface area contributed by atoms with Crippen LogP contribution in [0.2, 0.25) is 0 Å². The van der Waals surface area contributed by atoms with Gasteiger partial charge in [-0.3, -0.25) is 9.59 Å². The second-order valence-corrected chi connectivity index (χ2v) is 3.68. The Morgan fingerprint density at radius 2 is 2.27 bits per heavy atom. The number of hydrogen-bond donors (Lipinski definition) is 2. The lowest BCUT2D eigenvalue weighted by Crippen LogP contribution is -2.69. The Balaban J connectivity index is 2.20. The molecule has 15 heavy (non-hydrogen) atoms. The van der Waals surface area contributed by atoms with Crippen LogP contribution in [0.4, 0.5) is 0 Å². The average Bonchev–Trinajstić information content (AvgIpc) is 2.16. The molecule has 2 atom stereocenters. The molecule has 1 amide bonds. The number of nitrogens with one attached hydrogen (secondary N) is 2. The molecule has 5 heteroatoms. The second-order valence-electron chi connectivity index (χ2n) is 3.68. The summed E-state index contributed by atoms with van der Waals surface area (Å²) in [5, 5.41) is 5.59. The van der Waals surface area contributed by atoms with Crippen LogP contribution < -0.4 is 10.6 Å². The molecule has 0 unspecified atom stereocenters. The molecule has 1 aliphatic heterocycles. The minimum Gasteiger partial charge on any atom is -0.440 e.